The number of aromatic nitrogens is 3. The zero-order valence-corrected chi connectivity index (χ0v) is 16.5. The van der Waals surface area contributed by atoms with Crippen LogP contribution >= 0.6 is 23.4 Å². The zero-order valence-electron chi connectivity index (χ0n) is 15.0. The fourth-order valence-corrected chi connectivity index (χ4v) is 3.45. The van der Waals surface area contributed by atoms with Gasteiger partial charge in [-0.2, -0.15) is 0 Å². The summed E-state index contributed by atoms with van der Waals surface area (Å²) in [5.74, 6) is 0.297. The normalized spacial score (nSPS) is 11.9. The van der Waals surface area contributed by atoms with Gasteiger partial charge >= 0.3 is 0 Å². The molecule has 0 fully saturated rings. The molecule has 0 bridgehead atoms. The van der Waals surface area contributed by atoms with Crippen molar-refractivity contribution < 1.29 is 14.0 Å². The number of halogens is 1. The van der Waals surface area contributed by atoms with E-state index in [2.05, 4.69) is 15.5 Å². The third-order valence-corrected chi connectivity index (χ3v) is 5.23. The van der Waals surface area contributed by atoms with Crippen LogP contribution in [0.4, 0.5) is 5.69 Å². The van der Waals surface area contributed by atoms with Crippen LogP contribution in [-0.4, -0.2) is 31.8 Å². The summed E-state index contributed by atoms with van der Waals surface area (Å²) in [5, 5.41) is 11.5. The first-order valence-electron chi connectivity index (χ1n) is 8.43. The van der Waals surface area contributed by atoms with Crippen molar-refractivity contribution in [2.45, 2.75) is 30.3 Å². The van der Waals surface area contributed by atoms with Gasteiger partial charge < -0.3 is 15.5 Å². The number of nitrogens with one attached hydrogen (secondary N) is 1. The van der Waals surface area contributed by atoms with E-state index in [1.165, 1.54) is 18.0 Å². The number of anilines is 1. The second-order valence-corrected chi connectivity index (χ2v) is 7.60. The zero-order chi connectivity index (χ0) is 20.1. The van der Waals surface area contributed by atoms with Crippen LogP contribution in [0.15, 0.2) is 52.2 Å². The summed E-state index contributed by atoms with van der Waals surface area (Å²) in [6.07, 6.45) is 1.63. The van der Waals surface area contributed by atoms with Gasteiger partial charge in [0.2, 0.25) is 11.8 Å². The summed E-state index contributed by atoms with van der Waals surface area (Å²) >= 11 is 7.30. The molecule has 3 N–H and O–H groups in total. The summed E-state index contributed by atoms with van der Waals surface area (Å²) in [6, 6.07) is 10.5. The standard InChI is InChI=1S/C18H18ClN5O3S/c1-11(17(26)21-13-6-3-2-5-12(13)19)28-18-23-22-16(14-7-4-10-27-14)24(18)9-8-15(20)25/h2-7,10-11H,8-9H2,1H3,(H2,20,25)(H,21,26). The molecule has 146 valence electrons. The summed E-state index contributed by atoms with van der Waals surface area (Å²) in [6.45, 7) is 2.02. The third kappa shape index (κ3) is 4.73. The van der Waals surface area contributed by atoms with Crippen molar-refractivity contribution in [3.8, 4) is 11.6 Å². The van der Waals surface area contributed by atoms with Gasteiger partial charge in [0.15, 0.2) is 16.7 Å². The molecule has 10 heteroatoms. The van der Waals surface area contributed by atoms with Crippen molar-refractivity contribution in [3.63, 3.8) is 0 Å². The highest BCUT2D eigenvalue weighted by molar-refractivity contribution is 8.00. The number of thioether (sulfide) groups is 1. The van der Waals surface area contributed by atoms with Gasteiger partial charge in [0.1, 0.15) is 0 Å². The van der Waals surface area contributed by atoms with Gasteiger partial charge in [0, 0.05) is 13.0 Å². The van der Waals surface area contributed by atoms with Gasteiger partial charge in [-0.25, -0.2) is 0 Å². The highest BCUT2D eigenvalue weighted by atomic mass is 35.5. The molecule has 1 atom stereocenters. The lowest BCUT2D eigenvalue weighted by Crippen LogP contribution is -2.23. The van der Waals surface area contributed by atoms with Crippen LogP contribution in [0, 0.1) is 0 Å². The predicted octanol–water partition coefficient (Wildman–Crippen LogP) is 3.19. The van der Waals surface area contributed by atoms with E-state index in [-0.39, 0.29) is 18.9 Å². The average Bonchev–Trinajstić information content (AvgIpc) is 3.31. The first-order chi connectivity index (χ1) is 13.5. The first-order valence-corrected chi connectivity index (χ1v) is 9.69. The second kappa shape index (κ2) is 8.94. The Balaban J connectivity index is 1.78. The van der Waals surface area contributed by atoms with Crippen LogP contribution in [-0.2, 0) is 16.1 Å². The monoisotopic (exact) mass is 419 g/mol. The van der Waals surface area contributed by atoms with Gasteiger partial charge in [-0.15, -0.1) is 10.2 Å². The maximum atomic E-state index is 12.5. The lowest BCUT2D eigenvalue weighted by atomic mass is 10.3. The average molecular weight is 420 g/mol. The van der Waals surface area contributed by atoms with E-state index in [4.69, 9.17) is 21.8 Å². The van der Waals surface area contributed by atoms with Crippen molar-refractivity contribution in [2.75, 3.05) is 5.32 Å². The van der Waals surface area contributed by atoms with Crippen molar-refractivity contribution in [2.24, 2.45) is 5.73 Å². The minimum absolute atomic E-state index is 0.111. The Labute approximate surface area is 170 Å². The summed E-state index contributed by atoms with van der Waals surface area (Å²) in [4.78, 5) is 23.8. The van der Waals surface area contributed by atoms with E-state index >= 15 is 0 Å². The molecule has 0 aliphatic rings. The number of benzene rings is 1. The van der Waals surface area contributed by atoms with Crippen LogP contribution < -0.4 is 11.1 Å². The number of carbonyl (C=O) groups is 2. The number of amides is 2. The quantitative estimate of drug-likeness (QED) is 0.541. The Bertz CT molecular complexity index is 974. The van der Waals surface area contributed by atoms with Crippen molar-refractivity contribution >= 4 is 40.9 Å². The number of furan rings is 1. The largest absolute Gasteiger partial charge is 0.461 e. The predicted molar refractivity (Wildman–Crippen MR) is 107 cm³/mol. The molecular formula is C18H18ClN5O3S. The van der Waals surface area contributed by atoms with Gasteiger partial charge in [0.05, 0.1) is 22.2 Å². The fourth-order valence-electron chi connectivity index (χ4n) is 2.40. The summed E-state index contributed by atoms with van der Waals surface area (Å²) in [5.41, 5.74) is 5.81. The fraction of sp³-hybridized carbons (Fsp3) is 0.222. The van der Waals surface area contributed by atoms with Gasteiger partial charge in [-0.05, 0) is 31.2 Å². The molecule has 0 spiro atoms. The second-order valence-electron chi connectivity index (χ2n) is 5.88. The molecule has 0 saturated heterocycles. The van der Waals surface area contributed by atoms with E-state index in [1.807, 2.05) is 0 Å². The maximum Gasteiger partial charge on any atom is 0.237 e. The number of nitrogens with zero attached hydrogens (tertiary/aromatic N) is 3. The maximum absolute atomic E-state index is 12.5. The number of carbonyl (C=O) groups excluding carboxylic acids is 2. The van der Waals surface area contributed by atoms with E-state index in [0.717, 1.165) is 0 Å². The number of hydrogen-bond donors (Lipinski definition) is 2. The Hall–Kier alpha value is -2.78. The minimum atomic E-state index is -0.489. The van der Waals surface area contributed by atoms with Crippen LogP contribution in [0.25, 0.3) is 11.6 Å². The number of rotatable bonds is 8. The molecule has 1 aromatic carbocycles. The molecular weight excluding hydrogens is 402 g/mol. The van der Waals surface area contributed by atoms with Gasteiger partial charge in [-0.1, -0.05) is 35.5 Å². The first kappa shape index (κ1) is 20.0. The number of primary amides is 1. The molecule has 3 aromatic rings. The van der Waals surface area contributed by atoms with Crippen LogP contribution in [0.3, 0.4) is 0 Å². The van der Waals surface area contributed by atoms with Gasteiger partial charge in [0.25, 0.3) is 0 Å². The Morgan fingerprint density at radius 2 is 2.07 bits per heavy atom. The molecule has 0 aliphatic carbocycles. The van der Waals surface area contributed by atoms with E-state index < -0.39 is 11.2 Å². The number of hydrogen-bond acceptors (Lipinski definition) is 6. The van der Waals surface area contributed by atoms with E-state index in [1.54, 1.807) is 47.9 Å². The van der Waals surface area contributed by atoms with Crippen LogP contribution in [0.5, 0.6) is 0 Å². The molecule has 28 heavy (non-hydrogen) atoms. The van der Waals surface area contributed by atoms with E-state index in [0.29, 0.717) is 27.5 Å². The lowest BCUT2D eigenvalue weighted by molar-refractivity contribution is -0.118. The van der Waals surface area contributed by atoms with Crippen LogP contribution in [0.1, 0.15) is 13.3 Å². The lowest BCUT2D eigenvalue weighted by Gasteiger charge is -2.13. The Morgan fingerprint density at radius 3 is 2.75 bits per heavy atom. The van der Waals surface area contributed by atoms with Gasteiger partial charge in [-0.3, -0.25) is 14.2 Å². The van der Waals surface area contributed by atoms with Crippen molar-refractivity contribution in [3.05, 3.63) is 47.7 Å². The molecule has 8 nitrogen and oxygen atoms in total. The Morgan fingerprint density at radius 1 is 1.29 bits per heavy atom. The molecule has 0 aliphatic heterocycles. The third-order valence-electron chi connectivity index (χ3n) is 3.82. The SMILES string of the molecule is CC(Sc1nnc(-c2ccco2)n1CCC(N)=O)C(=O)Nc1ccccc1Cl. The number of para-hydroxylation sites is 1. The summed E-state index contributed by atoms with van der Waals surface area (Å²) < 4.78 is 7.10. The molecule has 1 unspecified atom stereocenters. The summed E-state index contributed by atoms with van der Waals surface area (Å²) in [7, 11) is 0. The smallest absolute Gasteiger partial charge is 0.237 e. The highest BCUT2D eigenvalue weighted by Crippen LogP contribution is 2.28. The number of nitrogens with two attached hydrogens (primary N) is 1. The molecule has 2 aromatic heterocycles. The van der Waals surface area contributed by atoms with Crippen molar-refractivity contribution in [1.82, 2.24) is 14.8 Å². The molecule has 3 rings (SSSR count). The van der Waals surface area contributed by atoms with Crippen LogP contribution in [0.2, 0.25) is 5.02 Å². The van der Waals surface area contributed by atoms with E-state index in [9.17, 15) is 9.59 Å². The molecule has 2 heterocycles. The molecule has 0 radical (unpaired) electrons. The Kier molecular flexibility index (Phi) is 6.37. The highest BCUT2D eigenvalue weighted by Gasteiger charge is 2.22. The minimum Gasteiger partial charge on any atom is -0.461 e. The van der Waals surface area contributed by atoms with Crippen molar-refractivity contribution in [1.29, 1.82) is 0 Å². The molecule has 2 amide bonds. The molecule has 0 saturated carbocycles. The topological polar surface area (TPSA) is 116 Å².